The zero-order chi connectivity index (χ0) is 15.1. The number of aryl methyl sites for hydroxylation is 2. The molecule has 1 aliphatic carbocycles. The highest BCUT2D eigenvalue weighted by Gasteiger charge is 2.14. The molecule has 1 amide bonds. The van der Waals surface area contributed by atoms with Gasteiger partial charge in [0, 0.05) is 6.04 Å². The van der Waals surface area contributed by atoms with Gasteiger partial charge in [-0.2, -0.15) is 0 Å². The molecule has 1 saturated carbocycles. The molecule has 116 valence electrons. The van der Waals surface area contributed by atoms with E-state index in [0.29, 0.717) is 6.04 Å². The smallest absolute Gasteiger partial charge is 0.258 e. The van der Waals surface area contributed by atoms with E-state index in [4.69, 9.17) is 4.74 Å². The molecule has 3 nitrogen and oxygen atoms in total. The van der Waals surface area contributed by atoms with Crippen LogP contribution < -0.4 is 10.1 Å². The van der Waals surface area contributed by atoms with Gasteiger partial charge in [0.2, 0.25) is 0 Å². The number of benzene rings is 1. The third-order valence-electron chi connectivity index (χ3n) is 4.16. The molecule has 1 fully saturated rings. The predicted octanol–water partition coefficient (Wildman–Crippen LogP) is 3.91. The third kappa shape index (κ3) is 5.41. The molecule has 3 heteroatoms. The van der Waals surface area contributed by atoms with E-state index < -0.39 is 0 Å². The lowest BCUT2D eigenvalue weighted by Gasteiger charge is -2.21. The van der Waals surface area contributed by atoms with Gasteiger partial charge in [-0.3, -0.25) is 4.79 Å². The van der Waals surface area contributed by atoms with Crippen LogP contribution in [-0.2, 0) is 4.79 Å². The number of amides is 1. The molecule has 1 aromatic rings. The van der Waals surface area contributed by atoms with Crippen molar-refractivity contribution in [2.75, 3.05) is 6.61 Å². The summed E-state index contributed by atoms with van der Waals surface area (Å²) in [5.41, 5.74) is 2.28. The lowest BCUT2D eigenvalue weighted by Crippen LogP contribution is -2.38. The van der Waals surface area contributed by atoms with Gasteiger partial charge >= 0.3 is 0 Å². The molecule has 0 radical (unpaired) electrons. The number of hydrogen-bond acceptors (Lipinski definition) is 2. The van der Waals surface area contributed by atoms with E-state index in [0.717, 1.165) is 24.2 Å². The minimum absolute atomic E-state index is 0.000508. The van der Waals surface area contributed by atoms with Crippen LogP contribution >= 0.6 is 0 Å². The van der Waals surface area contributed by atoms with Crippen LogP contribution in [0.2, 0.25) is 0 Å². The quantitative estimate of drug-likeness (QED) is 0.912. The first-order valence-electron chi connectivity index (χ1n) is 8.14. The maximum absolute atomic E-state index is 12.0. The Hall–Kier alpha value is -1.51. The summed E-state index contributed by atoms with van der Waals surface area (Å²) in [7, 11) is 0. The van der Waals surface area contributed by atoms with Crippen molar-refractivity contribution >= 4 is 5.91 Å². The summed E-state index contributed by atoms with van der Waals surface area (Å²) < 4.78 is 5.64. The maximum atomic E-state index is 12.0. The topological polar surface area (TPSA) is 38.3 Å². The van der Waals surface area contributed by atoms with Crippen molar-refractivity contribution in [3.8, 4) is 5.75 Å². The zero-order valence-corrected chi connectivity index (χ0v) is 13.3. The second-order valence-electron chi connectivity index (χ2n) is 6.17. The Kier molecular flexibility index (Phi) is 6.09. The minimum atomic E-state index is 0.000508. The van der Waals surface area contributed by atoms with E-state index in [1.54, 1.807) is 0 Å². The van der Waals surface area contributed by atoms with Gasteiger partial charge in [0.15, 0.2) is 6.61 Å². The van der Waals surface area contributed by atoms with Crippen LogP contribution in [-0.4, -0.2) is 18.6 Å². The predicted molar refractivity (Wildman–Crippen MR) is 85.7 cm³/mol. The van der Waals surface area contributed by atoms with E-state index in [1.807, 2.05) is 19.1 Å². The second kappa shape index (κ2) is 8.06. The average Bonchev–Trinajstić information content (AvgIpc) is 2.41. The zero-order valence-electron chi connectivity index (χ0n) is 13.3. The molecule has 0 saturated heterocycles. The fraction of sp³-hybridized carbons (Fsp3) is 0.611. The van der Waals surface area contributed by atoms with Gasteiger partial charge in [-0.1, -0.05) is 49.8 Å². The van der Waals surface area contributed by atoms with E-state index in [-0.39, 0.29) is 12.5 Å². The summed E-state index contributed by atoms with van der Waals surface area (Å²) in [6, 6.07) is 6.35. The summed E-state index contributed by atoms with van der Waals surface area (Å²) in [6.45, 7) is 4.17. The van der Waals surface area contributed by atoms with Crippen LogP contribution in [0.1, 0.15) is 56.1 Å². The van der Waals surface area contributed by atoms with E-state index in [2.05, 4.69) is 18.3 Å². The molecule has 0 spiro atoms. The number of carbonyl (C=O) groups is 1. The average molecular weight is 289 g/mol. The van der Waals surface area contributed by atoms with Crippen molar-refractivity contribution in [2.45, 2.75) is 64.8 Å². The van der Waals surface area contributed by atoms with Crippen molar-refractivity contribution in [1.82, 2.24) is 5.32 Å². The summed E-state index contributed by atoms with van der Waals surface area (Å²) in [5, 5.41) is 3.12. The molecule has 1 aliphatic rings. The Bertz CT molecular complexity index is 462. The highest BCUT2D eigenvalue weighted by molar-refractivity contribution is 5.77. The van der Waals surface area contributed by atoms with E-state index >= 15 is 0 Å². The summed E-state index contributed by atoms with van der Waals surface area (Å²) in [6.07, 6.45) is 8.60. The number of ether oxygens (including phenoxy) is 1. The van der Waals surface area contributed by atoms with Gasteiger partial charge in [-0.15, -0.1) is 0 Å². The Labute approximate surface area is 128 Å². The van der Waals surface area contributed by atoms with Crippen LogP contribution in [0.4, 0.5) is 0 Å². The number of carbonyl (C=O) groups excluding carboxylic acids is 1. The standard InChI is InChI=1S/C18H27NO2/c1-14-10-11-17(15(2)12-14)21-13-18(20)19-16-8-6-4-3-5-7-9-16/h10-12,16H,3-9,13H2,1-2H3,(H,19,20). The van der Waals surface area contributed by atoms with Gasteiger partial charge in [0.1, 0.15) is 5.75 Å². The van der Waals surface area contributed by atoms with Gasteiger partial charge in [-0.05, 0) is 38.3 Å². The van der Waals surface area contributed by atoms with Crippen LogP contribution in [0.25, 0.3) is 0 Å². The van der Waals surface area contributed by atoms with Crippen molar-refractivity contribution in [1.29, 1.82) is 0 Å². The molecule has 1 N–H and O–H groups in total. The molecule has 0 aromatic heterocycles. The van der Waals surface area contributed by atoms with E-state index in [1.165, 1.54) is 37.7 Å². The fourth-order valence-corrected chi connectivity index (χ4v) is 2.97. The van der Waals surface area contributed by atoms with Gasteiger partial charge in [0.25, 0.3) is 5.91 Å². The monoisotopic (exact) mass is 289 g/mol. The highest BCUT2D eigenvalue weighted by atomic mass is 16.5. The summed E-state index contributed by atoms with van der Waals surface area (Å²) >= 11 is 0. The molecule has 0 unspecified atom stereocenters. The van der Waals surface area contributed by atoms with Crippen LogP contribution in [0, 0.1) is 13.8 Å². The number of nitrogens with one attached hydrogen (secondary N) is 1. The lowest BCUT2D eigenvalue weighted by molar-refractivity contribution is -0.123. The normalized spacial score (nSPS) is 16.9. The summed E-state index contributed by atoms with van der Waals surface area (Å²) in [5.74, 6) is 0.800. The Morgan fingerprint density at radius 2 is 1.81 bits per heavy atom. The largest absolute Gasteiger partial charge is 0.484 e. The van der Waals surface area contributed by atoms with Gasteiger partial charge < -0.3 is 10.1 Å². The molecular weight excluding hydrogens is 262 g/mol. The molecule has 0 heterocycles. The third-order valence-corrected chi connectivity index (χ3v) is 4.16. The highest BCUT2D eigenvalue weighted by Crippen LogP contribution is 2.19. The van der Waals surface area contributed by atoms with Crippen LogP contribution in [0.3, 0.4) is 0 Å². The lowest BCUT2D eigenvalue weighted by atomic mass is 9.97. The SMILES string of the molecule is Cc1ccc(OCC(=O)NC2CCCCCCC2)c(C)c1. The minimum Gasteiger partial charge on any atom is -0.484 e. The summed E-state index contributed by atoms with van der Waals surface area (Å²) in [4.78, 5) is 12.0. The van der Waals surface area contributed by atoms with Crippen LogP contribution in [0.5, 0.6) is 5.75 Å². The molecule has 0 bridgehead atoms. The van der Waals surface area contributed by atoms with Gasteiger partial charge in [0.05, 0.1) is 0 Å². The van der Waals surface area contributed by atoms with Crippen molar-refractivity contribution in [2.24, 2.45) is 0 Å². The van der Waals surface area contributed by atoms with Crippen molar-refractivity contribution < 1.29 is 9.53 Å². The molecule has 1 aromatic carbocycles. The fourth-order valence-electron chi connectivity index (χ4n) is 2.97. The molecule has 2 rings (SSSR count). The van der Waals surface area contributed by atoms with Crippen molar-refractivity contribution in [3.05, 3.63) is 29.3 Å². The first kappa shape index (κ1) is 15.9. The molecule has 21 heavy (non-hydrogen) atoms. The second-order valence-corrected chi connectivity index (χ2v) is 6.17. The van der Waals surface area contributed by atoms with Crippen LogP contribution in [0.15, 0.2) is 18.2 Å². The van der Waals surface area contributed by atoms with Gasteiger partial charge in [-0.25, -0.2) is 0 Å². The number of hydrogen-bond donors (Lipinski definition) is 1. The molecular formula is C18H27NO2. The van der Waals surface area contributed by atoms with Crippen molar-refractivity contribution in [3.63, 3.8) is 0 Å². The Morgan fingerprint density at radius 3 is 2.48 bits per heavy atom. The maximum Gasteiger partial charge on any atom is 0.258 e. The Morgan fingerprint density at radius 1 is 1.14 bits per heavy atom. The molecule has 0 aliphatic heterocycles. The molecule has 0 atom stereocenters. The first-order chi connectivity index (χ1) is 10.1. The Balaban J connectivity index is 1.78. The van der Waals surface area contributed by atoms with E-state index in [9.17, 15) is 4.79 Å². The number of rotatable bonds is 4. The first-order valence-corrected chi connectivity index (χ1v) is 8.14.